The maximum atomic E-state index is 2.40. The summed E-state index contributed by atoms with van der Waals surface area (Å²) in [5.41, 5.74) is 0. The molecule has 0 amide bonds. The molecule has 0 bridgehead atoms. The molecule has 2 rings (SSSR count). The first-order valence-electron chi connectivity index (χ1n) is 3.94. The third kappa shape index (κ3) is 2.13. The third-order valence-corrected chi connectivity index (χ3v) is 4.23. The van der Waals surface area contributed by atoms with E-state index in [-0.39, 0.29) is 9.41 Å². The van der Waals surface area contributed by atoms with Gasteiger partial charge in [-0.2, -0.15) is 0 Å². The standard InChI is InChI=1S/C9H11.2FH.Zr/c1-2-5-9-7-3-6-8(9)4-1;;;/h1-2,4-6,8-9H,3,7H2;2*1H;/q;;;+2/p-2. The van der Waals surface area contributed by atoms with Crippen molar-refractivity contribution in [1.29, 1.82) is 0 Å². The summed E-state index contributed by atoms with van der Waals surface area (Å²) in [7, 11) is 0. The number of halogens is 2. The second-order valence-electron chi connectivity index (χ2n) is 3.19. The molecule has 0 spiro atoms. The Hall–Kier alpha value is 0.223. The van der Waals surface area contributed by atoms with E-state index in [1.54, 1.807) is 24.7 Å². The SMILES string of the molecule is [F-].[F-].[Zr+2][CH]1CCC2C=CC=CC12. The zero-order valence-corrected chi connectivity index (χ0v) is 9.17. The van der Waals surface area contributed by atoms with Crippen LogP contribution < -0.4 is 9.41 Å². The van der Waals surface area contributed by atoms with E-state index in [2.05, 4.69) is 24.3 Å². The zero-order valence-electron chi connectivity index (χ0n) is 6.71. The topological polar surface area (TPSA) is 0 Å². The van der Waals surface area contributed by atoms with Crippen LogP contribution in [-0.2, 0) is 24.7 Å². The average molecular weight is 248 g/mol. The van der Waals surface area contributed by atoms with Crippen LogP contribution in [0.5, 0.6) is 0 Å². The molecule has 3 atom stereocenters. The van der Waals surface area contributed by atoms with Gasteiger partial charge >= 0.3 is 77.3 Å². The molecule has 12 heavy (non-hydrogen) atoms. The maximum absolute atomic E-state index is 2.40. The summed E-state index contributed by atoms with van der Waals surface area (Å²) >= 11 is 1.73. The van der Waals surface area contributed by atoms with Crippen molar-refractivity contribution in [2.45, 2.75) is 16.5 Å². The van der Waals surface area contributed by atoms with Gasteiger partial charge in [0.05, 0.1) is 0 Å². The van der Waals surface area contributed by atoms with E-state index in [1.807, 2.05) is 0 Å². The molecule has 0 N–H and O–H groups in total. The Morgan fingerprint density at radius 3 is 2.33 bits per heavy atom. The van der Waals surface area contributed by atoms with Gasteiger partial charge in [-0.1, -0.05) is 0 Å². The first-order valence-corrected chi connectivity index (χ1v) is 5.36. The number of fused-ring (bicyclic) bond motifs is 1. The molecule has 0 heterocycles. The Kier molecular flexibility index (Phi) is 5.16. The number of hydrogen-bond donors (Lipinski definition) is 0. The Balaban J connectivity index is 0.000000605. The molecule has 3 heteroatoms. The molecule has 0 aliphatic heterocycles. The average Bonchev–Trinajstić information content (AvgIpc) is 2.34. The quantitative estimate of drug-likeness (QED) is 0.417. The van der Waals surface area contributed by atoms with Crippen LogP contribution in [0, 0.1) is 11.8 Å². The predicted octanol–water partition coefficient (Wildman–Crippen LogP) is -3.52. The molecular formula is C9H11F2Zr. The van der Waals surface area contributed by atoms with Crippen LogP contribution in [-0.4, -0.2) is 0 Å². The number of allylic oxidation sites excluding steroid dienone is 4. The van der Waals surface area contributed by atoms with Crippen LogP contribution in [0.25, 0.3) is 0 Å². The molecule has 0 radical (unpaired) electrons. The minimum atomic E-state index is 0. The first kappa shape index (κ1) is 12.2. The van der Waals surface area contributed by atoms with Gasteiger partial charge in [0.1, 0.15) is 0 Å². The van der Waals surface area contributed by atoms with Crippen molar-refractivity contribution in [1.82, 2.24) is 0 Å². The zero-order chi connectivity index (χ0) is 6.97. The molecule has 0 aromatic carbocycles. The summed E-state index contributed by atoms with van der Waals surface area (Å²) in [5, 5.41) is 0. The van der Waals surface area contributed by atoms with E-state index in [0.29, 0.717) is 0 Å². The van der Waals surface area contributed by atoms with Gasteiger partial charge in [0.25, 0.3) is 0 Å². The molecule has 1 fully saturated rings. The molecular weight excluding hydrogens is 237 g/mol. The van der Waals surface area contributed by atoms with Crippen molar-refractivity contribution < 1.29 is 34.1 Å². The molecule has 1 saturated carbocycles. The summed E-state index contributed by atoms with van der Waals surface area (Å²) in [6.45, 7) is 0. The molecule has 3 unspecified atom stereocenters. The van der Waals surface area contributed by atoms with E-state index in [9.17, 15) is 0 Å². The fourth-order valence-electron chi connectivity index (χ4n) is 1.96. The van der Waals surface area contributed by atoms with Gasteiger partial charge in [0.2, 0.25) is 0 Å². The summed E-state index contributed by atoms with van der Waals surface area (Å²) in [5.74, 6) is 1.80. The van der Waals surface area contributed by atoms with Gasteiger partial charge in [0.15, 0.2) is 0 Å². The van der Waals surface area contributed by atoms with E-state index in [1.165, 1.54) is 12.8 Å². The van der Waals surface area contributed by atoms with Gasteiger partial charge in [-0.25, -0.2) is 0 Å². The van der Waals surface area contributed by atoms with Crippen molar-refractivity contribution in [2.24, 2.45) is 11.8 Å². The van der Waals surface area contributed by atoms with Gasteiger partial charge in [0, 0.05) is 0 Å². The monoisotopic (exact) mass is 247 g/mol. The fourth-order valence-corrected chi connectivity index (χ4v) is 3.25. The Morgan fingerprint density at radius 1 is 1.00 bits per heavy atom. The second kappa shape index (κ2) is 5.06. The van der Waals surface area contributed by atoms with Crippen molar-refractivity contribution in [2.75, 3.05) is 0 Å². The number of hydrogen-bond acceptors (Lipinski definition) is 0. The second-order valence-corrected chi connectivity index (χ2v) is 5.02. The van der Waals surface area contributed by atoms with Gasteiger partial charge in [-0.15, -0.1) is 0 Å². The van der Waals surface area contributed by atoms with Crippen LogP contribution in [0.4, 0.5) is 0 Å². The van der Waals surface area contributed by atoms with Crippen LogP contribution in [0.1, 0.15) is 12.8 Å². The molecule has 2 aliphatic carbocycles. The van der Waals surface area contributed by atoms with Crippen LogP contribution in [0.15, 0.2) is 24.3 Å². The summed E-state index contributed by atoms with van der Waals surface area (Å²) < 4.78 is 1.01. The van der Waals surface area contributed by atoms with Crippen molar-refractivity contribution in [3.8, 4) is 0 Å². The Labute approximate surface area is 86.7 Å². The fraction of sp³-hybridized carbons (Fsp3) is 0.556. The van der Waals surface area contributed by atoms with Crippen LogP contribution in [0.2, 0.25) is 3.63 Å². The van der Waals surface area contributed by atoms with Crippen molar-refractivity contribution >= 4 is 0 Å². The Morgan fingerprint density at radius 2 is 1.67 bits per heavy atom. The minimum absolute atomic E-state index is 0. The molecule has 0 aromatic rings. The van der Waals surface area contributed by atoms with Crippen LogP contribution >= 0.6 is 0 Å². The third-order valence-electron chi connectivity index (χ3n) is 2.57. The molecule has 0 aromatic heterocycles. The first-order chi connectivity index (χ1) is 4.88. The molecule has 65 valence electrons. The van der Waals surface area contributed by atoms with Gasteiger partial charge in [-0.05, 0) is 0 Å². The van der Waals surface area contributed by atoms with E-state index in [0.717, 1.165) is 15.5 Å². The van der Waals surface area contributed by atoms with E-state index < -0.39 is 0 Å². The summed E-state index contributed by atoms with van der Waals surface area (Å²) in [4.78, 5) is 0. The molecule has 0 saturated heterocycles. The van der Waals surface area contributed by atoms with Crippen molar-refractivity contribution in [3.05, 3.63) is 24.3 Å². The van der Waals surface area contributed by atoms with Crippen molar-refractivity contribution in [3.63, 3.8) is 0 Å². The predicted molar refractivity (Wildman–Crippen MR) is 38.2 cm³/mol. The normalized spacial score (nSPS) is 36.7. The van der Waals surface area contributed by atoms with Gasteiger partial charge < -0.3 is 9.41 Å². The number of rotatable bonds is 0. The summed E-state index contributed by atoms with van der Waals surface area (Å²) in [6.07, 6.45) is 12.1. The van der Waals surface area contributed by atoms with E-state index >= 15 is 0 Å². The van der Waals surface area contributed by atoms with E-state index in [4.69, 9.17) is 0 Å². The molecule has 0 nitrogen and oxygen atoms in total. The van der Waals surface area contributed by atoms with Crippen LogP contribution in [0.3, 0.4) is 0 Å². The van der Waals surface area contributed by atoms with Gasteiger partial charge in [-0.3, -0.25) is 0 Å². The summed E-state index contributed by atoms with van der Waals surface area (Å²) in [6, 6.07) is 0. The Bertz CT molecular complexity index is 189. The molecule has 2 aliphatic rings.